The third-order valence-corrected chi connectivity index (χ3v) is 13.0. The van der Waals surface area contributed by atoms with Crippen LogP contribution in [0.4, 0.5) is 17.1 Å². The quantitative estimate of drug-likeness (QED) is 0.174. The van der Waals surface area contributed by atoms with Gasteiger partial charge < -0.3 is 9.47 Å². The molecule has 0 radical (unpaired) electrons. The molecule has 2 heteroatoms. The third kappa shape index (κ3) is 4.75. The highest BCUT2D eigenvalue weighted by Gasteiger charge is 2.51. The predicted molar refractivity (Wildman–Crippen MR) is 248 cm³/mol. The zero-order valence-corrected chi connectivity index (χ0v) is 33.4. The summed E-state index contributed by atoms with van der Waals surface area (Å²) >= 11 is 0. The smallest absolute Gasteiger partial charge is 0.0726 e. The highest BCUT2D eigenvalue weighted by molar-refractivity contribution is 6.10. The van der Waals surface area contributed by atoms with E-state index in [1.165, 1.54) is 88.2 Å². The van der Waals surface area contributed by atoms with Crippen LogP contribution < -0.4 is 4.90 Å². The van der Waals surface area contributed by atoms with Gasteiger partial charge in [0.15, 0.2) is 0 Å². The van der Waals surface area contributed by atoms with Gasteiger partial charge in [0.1, 0.15) is 0 Å². The topological polar surface area (TPSA) is 8.17 Å². The molecule has 12 rings (SSSR count). The van der Waals surface area contributed by atoms with Gasteiger partial charge in [0.05, 0.1) is 10.9 Å². The minimum absolute atomic E-state index is 0.132. The molecule has 10 aromatic rings. The molecule has 0 saturated carbocycles. The van der Waals surface area contributed by atoms with Crippen molar-refractivity contribution >= 4 is 49.6 Å². The molecule has 2 aliphatic carbocycles. The van der Waals surface area contributed by atoms with Gasteiger partial charge in [0.25, 0.3) is 0 Å². The number of fused-ring (bicyclic) bond motifs is 14. The molecule has 59 heavy (non-hydrogen) atoms. The van der Waals surface area contributed by atoms with Crippen LogP contribution in [0.1, 0.15) is 43.0 Å². The van der Waals surface area contributed by atoms with E-state index in [1.807, 2.05) is 0 Å². The summed E-state index contributed by atoms with van der Waals surface area (Å²) in [5.74, 6) is 0. The first-order valence-corrected chi connectivity index (χ1v) is 20.8. The number of aromatic nitrogens is 1. The molecule has 1 aromatic heterocycles. The number of nitrogens with zero attached hydrogens (tertiary/aromatic N) is 2. The van der Waals surface area contributed by atoms with Crippen molar-refractivity contribution in [2.45, 2.75) is 31.7 Å². The summed E-state index contributed by atoms with van der Waals surface area (Å²) in [6, 6.07) is 74.8. The SMILES string of the molecule is CC(C)(C)n1c2ccccc2c2ccc(N(c3ccc4c(c3)C3(c5ccccc5-c5ccccc53)c3ccccc3-4)c3ccc4cccc(-c5ccccc5)c4c3)cc21. The van der Waals surface area contributed by atoms with E-state index >= 15 is 0 Å². The lowest BCUT2D eigenvalue weighted by atomic mass is 9.70. The average Bonchev–Trinajstić information content (AvgIpc) is 3.88. The summed E-state index contributed by atoms with van der Waals surface area (Å²) in [7, 11) is 0. The van der Waals surface area contributed by atoms with Gasteiger partial charge >= 0.3 is 0 Å². The second kappa shape index (κ2) is 12.4. The van der Waals surface area contributed by atoms with E-state index in [1.54, 1.807) is 0 Å². The van der Waals surface area contributed by atoms with Gasteiger partial charge in [-0.1, -0.05) is 158 Å². The zero-order valence-electron chi connectivity index (χ0n) is 33.4. The Kier molecular flexibility index (Phi) is 7.14. The molecule has 0 atom stereocenters. The fraction of sp³-hybridized carbons (Fsp3) is 0.0877. The first-order chi connectivity index (χ1) is 28.9. The Morgan fingerprint density at radius 1 is 0.373 bits per heavy atom. The maximum absolute atomic E-state index is 2.52. The molecule has 0 amide bonds. The second-order valence-corrected chi connectivity index (χ2v) is 17.3. The van der Waals surface area contributed by atoms with Gasteiger partial charge in [-0.2, -0.15) is 0 Å². The van der Waals surface area contributed by atoms with Crippen LogP contribution in [0.2, 0.25) is 0 Å². The molecule has 1 heterocycles. The van der Waals surface area contributed by atoms with Crippen LogP contribution in [-0.2, 0) is 11.0 Å². The van der Waals surface area contributed by atoms with E-state index in [0.717, 1.165) is 17.1 Å². The summed E-state index contributed by atoms with van der Waals surface area (Å²) in [6.45, 7) is 6.94. The maximum atomic E-state index is 2.52. The number of anilines is 3. The highest BCUT2D eigenvalue weighted by atomic mass is 15.1. The molecule has 9 aromatic carbocycles. The third-order valence-electron chi connectivity index (χ3n) is 13.0. The number of hydrogen-bond acceptors (Lipinski definition) is 1. The van der Waals surface area contributed by atoms with E-state index in [9.17, 15) is 0 Å². The number of benzene rings is 9. The Balaban J connectivity index is 1.16. The van der Waals surface area contributed by atoms with E-state index in [4.69, 9.17) is 0 Å². The Labute approximate surface area is 345 Å². The lowest BCUT2D eigenvalue weighted by Gasteiger charge is -2.32. The predicted octanol–water partition coefficient (Wildman–Crippen LogP) is 15.2. The largest absolute Gasteiger partial charge is 0.335 e. The Hall–Kier alpha value is -7.16. The first-order valence-electron chi connectivity index (χ1n) is 20.8. The molecule has 0 unspecified atom stereocenters. The van der Waals surface area contributed by atoms with Gasteiger partial charge in [0.2, 0.25) is 0 Å². The lowest BCUT2D eigenvalue weighted by molar-refractivity contribution is 0.423. The van der Waals surface area contributed by atoms with Crippen molar-refractivity contribution in [1.82, 2.24) is 4.57 Å². The minimum Gasteiger partial charge on any atom is -0.335 e. The van der Waals surface area contributed by atoms with Crippen molar-refractivity contribution < 1.29 is 0 Å². The number of rotatable bonds is 4. The lowest BCUT2D eigenvalue weighted by Crippen LogP contribution is -2.26. The van der Waals surface area contributed by atoms with Crippen LogP contribution in [-0.4, -0.2) is 4.57 Å². The summed E-state index contributed by atoms with van der Waals surface area (Å²) in [5, 5.41) is 5.01. The molecule has 2 aliphatic rings. The van der Waals surface area contributed by atoms with Crippen LogP contribution in [0.15, 0.2) is 200 Å². The van der Waals surface area contributed by atoms with Crippen molar-refractivity contribution in [3.63, 3.8) is 0 Å². The summed E-state index contributed by atoms with van der Waals surface area (Å²) in [5.41, 5.74) is 18.4. The van der Waals surface area contributed by atoms with Gasteiger partial charge in [-0.05, 0) is 130 Å². The molecule has 280 valence electrons. The van der Waals surface area contributed by atoms with Gasteiger partial charge in [-0.25, -0.2) is 0 Å². The maximum Gasteiger partial charge on any atom is 0.0726 e. The molecule has 0 bridgehead atoms. The van der Waals surface area contributed by atoms with Crippen molar-refractivity contribution in [3.8, 4) is 33.4 Å². The van der Waals surface area contributed by atoms with Crippen LogP contribution in [0.5, 0.6) is 0 Å². The normalized spacial score (nSPS) is 13.5. The molecule has 0 saturated heterocycles. The van der Waals surface area contributed by atoms with Gasteiger partial charge in [0, 0.05) is 38.9 Å². The summed E-state index contributed by atoms with van der Waals surface area (Å²) in [6.07, 6.45) is 0. The Morgan fingerprint density at radius 2 is 0.898 bits per heavy atom. The van der Waals surface area contributed by atoms with E-state index in [-0.39, 0.29) is 5.54 Å². The Bertz CT molecular complexity index is 3260. The first kappa shape index (κ1) is 33.9. The average molecular weight is 755 g/mol. The fourth-order valence-corrected chi connectivity index (χ4v) is 10.8. The number of para-hydroxylation sites is 1. The van der Waals surface area contributed by atoms with Gasteiger partial charge in [-0.15, -0.1) is 0 Å². The van der Waals surface area contributed by atoms with E-state index in [0.29, 0.717) is 0 Å². The summed E-state index contributed by atoms with van der Waals surface area (Å²) in [4.78, 5) is 2.50. The molecule has 0 aliphatic heterocycles. The zero-order chi connectivity index (χ0) is 39.5. The standard InChI is InChI=1S/C57H42N2/c1-56(2,3)59-54-27-14-10-22-47(54)48-33-31-41(36-55(48)59)58(39-29-28-38-18-15-23-42(49(38)34-39)37-16-5-4-6-17-37)40-30-32-46-45-21-9-13-26-52(45)57(53(46)35-40)50-24-11-7-19-43(50)44-20-8-12-25-51(44)57/h4-36H,1-3H3. The van der Waals surface area contributed by atoms with Crippen molar-refractivity contribution in [2.75, 3.05) is 4.90 Å². The van der Waals surface area contributed by atoms with Gasteiger partial charge in [-0.3, -0.25) is 0 Å². The minimum atomic E-state index is -0.437. The molecule has 1 spiro atoms. The van der Waals surface area contributed by atoms with Crippen LogP contribution in [0.3, 0.4) is 0 Å². The molecule has 2 nitrogen and oxygen atoms in total. The van der Waals surface area contributed by atoms with Crippen molar-refractivity contribution in [3.05, 3.63) is 222 Å². The Morgan fingerprint density at radius 3 is 1.59 bits per heavy atom. The second-order valence-electron chi connectivity index (χ2n) is 17.3. The van der Waals surface area contributed by atoms with Crippen LogP contribution in [0, 0.1) is 0 Å². The molecule has 0 fully saturated rings. The summed E-state index contributed by atoms with van der Waals surface area (Å²) < 4.78 is 2.52. The molecular formula is C57H42N2. The van der Waals surface area contributed by atoms with Crippen molar-refractivity contribution in [2.24, 2.45) is 0 Å². The van der Waals surface area contributed by atoms with E-state index in [2.05, 4.69) is 230 Å². The van der Waals surface area contributed by atoms with Crippen LogP contribution in [0.25, 0.3) is 66.0 Å². The van der Waals surface area contributed by atoms with E-state index < -0.39 is 5.41 Å². The highest BCUT2D eigenvalue weighted by Crippen LogP contribution is 2.63. The monoisotopic (exact) mass is 754 g/mol. The molecule has 0 N–H and O–H groups in total. The molecular weight excluding hydrogens is 713 g/mol. The van der Waals surface area contributed by atoms with Crippen molar-refractivity contribution in [1.29, 1.82) is 0 Å². The van der Waals surface area contributed by atoms with Crippen LogP contribution >= 0.6 is 0 Å². The number of hydrogen-bond donors (Lipinski definition) is 0. The fourth-order valence-electron chi connectivity index (χ4n) is 10.8.